The van der Waals surface area contributed by atoms with Crippen LogP contribution < -0.4 is 0 Å². The quantitative estimate of drug-likeness (QED) is 0.387. The van der Waals surface area contributed by atoms with Crippen LogP contribution in [-0.4, -0.2) is 61.9 Å². The summed E-state index contributed by atoms with van der Waals surface area (Å²) >= 11 is 0. The van der Waals surface area contributed by atoms with Gasteiger partial charge in [0, 0.05) is 19.5 Å². The molecule has 12 heavy (non-hydrogen) atoms. The summed E-state index contributed by atoms with van der Waals surface area (Å²) in [5.41, 5.74) is 0. The minimum absolute atomic E-state index is 0. The summed E-state index contributed by atoms with van der Waals surface area (Å²) in [6, 6.07) is 0. The first-order valence-electron chi connectivity index (χ1n) is 2.28. The number of aliphatic carboxylic acids is 2. The Kier molecular flexibility index (Phi) is 11.4. The Labute approximate surface area is 91.1 Å². The summed E-state index contributed by atoms with van der Waals surface area (Å²) in [5.74, 6) is -3.54. The maximum atomic E-state index is 9.77. The summed E-state index contributed by atoms with van der Waals surface area (Å²) in [4.78, 5) is 19.5. The van der Waals surface area contributed by atoms with Gasteiger partial charge in [-0.25, -0.2) is 9.59 Å². The van der Waals surface area contributed by atoms with E-state index in [9.17, 15) is 9.59 Å². The normalized spacial score (nSPS) is 13.2. The molecule has 8 heteroatoms. The molecule has 0 fully saturated rings. The molecular formula is C4H9AlO6Zn. The van der Waals surface area contributed by atoms with Crippen LogP contribution in [0, 0.1) is 0 Å². The Morgan fingerprint density at radius 3 is 1.17 bits per heavy atom. The predicted octanol–water partition coefficient (Wildman–Crippen LogP) is -3.31. The summed E-state index contributed by atoms with van der Waals surface area (Å²) in [6.45, 7) is 0. The Balaban J connectivity index is -0.000000405. The molecule has 0 spiro atoms. The molecule has 0 aliphatic heterocycles. The topological polar surface area (TPSA) is 115 Å². The van der Waals surface area contributed by atoms with Crippen LogP contribution in [0.3, 0.4) is 0 Å². The van der Waals surface area contributed by atoms with Crippen LogP contribution >= 0.6 is 0 Å². The van der Waals surface area contributed by atoms with E-state index in [-0.39, 0.29) is 36.8 Å². The van der Waals surface area contributed by atoms with Gasteiger partial charge >= 0.3 is 11.9 Å². The minimum atomic E-state index is -2.27. The number of carbonyl (C=O) groups is 2. The third-order valence-corrected chi connectivity index (χ3v) is 0.805. The number of aliphatic hydroxyl groups excluding tert-OH is 2. The third kappa shape index (κ3) is 5.64. The molecule has 0 radical (unpaired) electrons. The van der Waals surface area contributed by atoms with Crippen LogP contribution in [0.4, 0.5) is 0 Å². The number of rotatable bonds is 3. The van der Waals surface area contributed by atoms with Gasteiger partial charge in [0.2, 0.25) is 0 Å². The van der Waals surface area contributed by atoms with E-state index in [0.29, 0.717) is 0 Å². The molecule has 66 valence electrons. The molecule has 0 saturated carbocycles. The zero-order valence-corrected chi connectivity index (χ0v) is 8.43. The van der Waals surface area contributed by atoms with Crippen molar-refractivity contribution in [2.24, 2.45) is 0 Å². The molecule has 0 heterocycles. The molecule has 0 amide bonds. The SMILES string of the molecule is O=C(O)C(O)C(O)C(=O)O.[AlH3].[Zn]. The van der Waals surface area contributed by atoms with Gasteiger partial charge < -0.3 is 20.4 Å². The van der Waals surface area contributed by atoms with Crippen molar-refractivity contribution in [2.45, 2.75) is 12.2 Å². The van der Waals surface area contributed by atoms with Gasteiger partial charge in [-0.1, -0.05) is 0 Å². The van der Waals surface area contributed by atoms with Crippen LogP contribution in [0.25, 0.3) is 0 Å². The average Bonchev–Trinajstić information content (AvgIpc) is 1.84. The van der Waals surface area contributed by atoms with Crippen molar-refractivity contribution in [2.75, 3.05) is 0 Å². The molecule has 4 N–H and O–H groups in total. The molecule has 2 unspecified atom stereocenters. The van der Waals surface area contributed by atoms with Gasteiger partial charge in [0.1, 0.15) is 0 Å². The third-order valence-electron chi connectivity index (χ3n) is 0.805. The van der Waals surface area contributed by atoms with Gasteiger partial charge in [0.25, 0.3) is 0 Å². The van der Waals surface area contributed by atoms with Gasteiger partial charge in [-0.3, -0.25) is 0 Å². The summed E-state index contributed by atoms with van der Waals surface area (Å²) in [5, 5.41) is 32.5. The van der Waals surface area contributed by atoms with Gasteiger partial charge in [0.05, 0.1) is 0 Å². The summed E-state index contributed by atoms with van der Waals surface area (Å²) in [7, 11) is 0. The number of aliphatic hydroxyl groups is 2. The molecule has 0 aromatic rings. The molecule has 0 aromatic heterocycles. The molecule has 2 atom stereocenters. The van der Waals surface area contributed by atoms with E-state index in [0.717, 1.165) is 0 Å². The second kappa shape index (κ2) is 7.65. The van der Waals surface area contributed by atoms with E-state index >= 15 is 0 Å². The van der Waals surface area contributed by atoms with Gasteiger partial charge in [0.15, 0.2) is 29.6 Å². The van der Waals surface area contributed by atoms with Crippen LogP contribution in [0.2, 0.25) is 0 Å². The van der Waals surface area contributed by atoms with Crippen molar-refractivity contribution in [3.05, 3.63) is 0 Å². The molecule has 6 nitrogen and oxygen atoms in total. The van der Waals surface area contributed by atoms with E-state index in [1.165, 1.54) is 0 Å². The molecule has 0 saturated heterocycles. The maximum Gasteiger partial charge on any atom is 0.335 e. The van der Waals surface area contributed by atoms with Crippen LogP contribution in [0.15, 0.2) is 0 Å². The number of carboxylic acid groups (broad SMARTS) is 2. The number of carboxylic acids is 2. The van der Waals surface area contributed by atoms with Gasteiger partial charge in [-0.15, -0.1) is 0 Å². The van der Waals surface area contributed by atoms with E-state index < -0.39 is 24.1 Å². The fourth-order valence-electron chi connectivity index (χ4n) is 0.270. The Morgan fingerprint density at radius 1 is 0.917 bits per heavy atom. The van der Waals surface area contributed by atoms with Crippen molar-refractivity contribution in [1.82, 2.24) is 0 Å². The largest absolute Gasteiger partial charge is 0.479 e. The van der Waals surface area contributed by atoms with Crippen molar-refractivity contribution >= 4 is 29.3 Å². The first-order valence-corrected chi connectivity index (χ1v) is 2.28. The minimum Gasteiger partial charge on any atom is -0.479 e. The summed E-state index contributed by atoms with van der Waals surface area (Å²) in [6.07, 6.45) is -4.53. The summed E-state index contributed by atoms with van der Waals surface area (Å²) < 4.78 is 0. The van der Waals surface area contributed by atoms with E-state index in [1.54, 1.807) is 0 Å². The van der Waals surface area contributed by atoms with Crippen LogP contribution in [-0.2, 0) is 29.1 Å². The van der Waals surface area contributed by atoms with Crippen molar-refractivity contribution in [3.63, 3.8) is 0 Å². The fourth-order valence-corrected chi connectivity index (χ4v) is 0.270. The zero-order valence-electron chi connectivity index (χ0n) is 5.47. The Hall–Kier alpha value is 0.0158. The van der Waals surface area contributed by atoms with Gasteiger partial charge in [-0.2, -0.15) is 0 Å². The molecule has 0 aliphatic carbocycles. The zero-order chi connectivity index (χ0) is 8.31. The van der Waals surface area contributed by atoms with Crippen molar-refractivity contribution < 1.29 is 49.5 Å². The second-order valence-electron chi connectivity index (χ2n) is 1.57. The first kappa shape index (κ1) is 17.9. The van der Waals surface area contributed by atoms with E-state index in [4.69, 9.17) is 20.4 Å². The Morgan fingerprint density at radius 2 is 1.08 bits per heavy atom. The predicted molar refractivity (Wildman–Crippen MR) is 37.2 cm³/mol. The van der Waals surface area contributed by atoms with E-state index in [1.807, 2.05) is 0 Å². The molecular weight excluding hydrogens is 236 g/mol. The fraction of sp³-hybridized carbons (Fsp3) is 0.500. The second-order valence-corrected chi connectivity index (χ2v) is 1.57. The molecule has 0 aliphatic rings. The Bertz CT molecular complexity index is 144. The smallest absolute Gasteiger partial charge is 0.335 e. The van der Waals surface area contributed by atoms with Crippen LogP contribution in [0.5, 0.6) is 0 Å². The van der Waals surface area contributed by atoms with Gasteiger partial charge in [-0.05, 0) is 0 Å². The number of hydrogen-bond donors (Lipinski definition) is 4. The monoisotopic (exact) mass is 244 g/mol. The van der Waals surface area contributed by atoms with E-state index in [2.05, 4.69) is 0 Å². The van der Waals surface area contributed by atoms with Crippen molar-refractivity contribution in [1.29, 1.82) is 0 Å². The standard InChI is InChI=1S/C4H6O6.Al.Zn.3H/c5-1(3(7)8)2(6)4(9)10;;;;;/h1-2,5-6H,(H,7,8)(H,9,10);;;;;. The molecule has 0 bridgehead atoms. The number of hydrogen-bond acceptors (Lipinski definition) is 4. The van der Waals surface area contributed by atoms with Crippen molar-refractivity contribution in [3.8, 4) is 0 Å². The molecule has 0 aromatic carbocycles. The first-order chi connectivity index (χ1) is 4.46. The maximum absolute atomic E-state index is 9.77. The molecule has 0 rings (SSSR count). The average molecular weight is 245 g/mol. The van der Waals surface area contributed by atoms with Crippen LogP contribution in [0.1, 0.15) is 0 Å².